The van der Waals surface area contributed by atoms with Crippen LogP contribution >= 0.6 is 11.6 Å². The lowest BCUT2D eigenvalue weighted by atomic mass is 10.1. The SMILES string of the molecule is CC1(C)CC1C(=O)Nc1cnccc1Cl. The van der Waals surface area contributed by atoms with E-state index in [9.17, 15) is 4.79 Å². The molecule has 1 aliphatic rings. The number of nitrogens with one attached hydrogen (secondary N) is 1. The minimum Gasteiger partial charge on any atom is -0.323 e. The van der Waals surface area contributed by atoms with E-state index in [0.717, 1.165) is 6.42 Å². The summed E-state index contributed by atoms with van der Waals surface area (Å²) in [5, 5.41) is 3.32. The molecule has 0 saturated heterocycles. The van der Waals surface area contributed by atoms with Gasteiger partial charge < -0.3 is 5.32 Å². The predicted molar refractivity (Wildman–Crippen MR) is 59.8 cm³/mol. The number of hydrogen-bond donors (Lipinski definition) is 1. The molecule has 0 radical (unpaired) electrons. The fourth-order valence-electron chi connectivity index (χ4n) is 1.60. The molecule has 4 heteroatoms. The zero-order chi connectivity index (χ0) is 11.1. The van der Waals surface area contributed by atoms with E-state index in [4.69, 9.17) is 11.6 Å². The van der Waals surface area contributed by atoms with Gasteiger partial charge in [-0.1, -0.05) is 25.4 Å². The van der Waals surface area contributed by atoms with Crippen LogP contribution in [0, 0.1) is 11.3 Å². The summed E-state index contributed by atoms with van der Waals surface area (Å²) in [5.74, 6) is 0.142. The van der Waals surface area contributed by atoms with E-state index in [-0.39, 0.29) is 17.2 Å². The predicted octanol–water partition coefficient (Wildman–Crippen LogP) is 2.72. The molecule has 1 saturated carbocycles. The summed E-state index contributed by atoms with van der Waals surface area (Å²) < 4.78 is 0. The van der Waals surface area contributed by atoms with Gasteiger partial charge in [-0.2, -0.15) is 0 Å². The lowest BCUT2D eigenvalue weighted by molar-refractivity contribution is -0.118. The van der Waals surface area contributed by atoms with E-state index in [1.807, 2.05) is 0 Å². The molecular weight excluding hydrogens is 212 g/mol. The number of halogens is 1. The molecule has 1 unspecified atom stereocenters. The third-order valence-corrected chi connectivity index (χ3v) is 3.19. The molecule has 1 N–H and O–H groups in total. The Kier molecular flexibility index (Phi) is 2.43. The molecule has 0 aromatic carbocycles. The van der Waals surface area contributed by atoms with Crippen molar-refractivity contribution >= 4 is 23.2 Å². The van der Waals surface area contributed by atoms with Crippen molar-refractivity contribution in [1.82, 2.24) is 4.98 Å². The maximum absolute atomic E-state index is 11.7. The summed E-state index contributed by atoms with van der Waals surface area (Å²) in [4.78, 5) is 15.7. The van der Waals surface area contributed by atoms with E-state index < -0.39 is 0 Å². The van der Waals surface area contributed by atoms with Gasteiger partial charge in [-0.25, -0.2) is 0 Å². The second kappa shape index (κ2) is 3.49. The molecule has 0 bridgehead atoms. The highest BCUT2D eigenvalue weighted by molar-refractivity contribution is 6.33. The standard InChI is InChI=1S/C11H13ClN2O/c1-11(2)5-7(11)10(15)14-9-6-13-4-3-8(9)12/h3-4,6-7H,5H2,1-2H3,(H,14,15). The molecule has 3 nitrogen and oxygen atoms in total. The van der Waals surface area contributed by atoms with Crippen LogP contribution in [-0.4, -0.2) is 10.9 Å². The average Bonchev–Trinajstić information content (AvgIpc) is 2.79. The van der Waals surface area contributed by atoms with Crippen LogP contribution in [0.4, 0.5) is 5.69 Å². The van der Waals surface area contributed by atoms with Gasteiger partial charge in [0.25, 0.3) is 0 Å². The second-order valence-corrected chi connectivity index (χ2v) is 5.00. The van der Waals surface area contributed by atoms with Gasteiger partial charge >= 0.3 is 0 Å². The second-order valence-electron chi connectivity index (χ2n) is 4.59. The summed E-state index contributed by atoms with van der Waals surface area (Å²) in [6, 6.07) is 1.66. The van der Waals surface area contributed by atoms with Gasteiger partial charge in [0.15, 0.2) is 0 Å². The summed E-state index contributed by atoms with van der Waals surface area (Å²) in [7, 11) is 0. The first-order valence-corrected chi connectivity index (χ1v) is 5.29. The topological polar surface area (TPSA) is 42.0 Å². The third kappa shape index (κ3) is 2.12. The molecular formula is C11H13ClN2O. The fraction of sp³-hybridized carbons (Fsp3) is 0.455. The molecule has 0 aliphatic heterocycles. The van der Waals surface area contributed by atoms with Gasteiger partial charge in [0, 0.05) is 12.1 Å². The molecule has 0 spiro atoms. The fourth-order valence-corrected chi connectivity index (χ4v) is 1.76. The number of carbonyl (C=O) groups excluding carboxylic acids is 1. The van der Waals surface area contributed by atoms with Crippen LogP contribution in [0.2, 0.25) is 5.02 Å². The zero-order valence-electron chi connectivity index (χ0n) is 8.75. The minimum atomic E-state index is 0.0369. The lowest BCUT2D eigenvalue weighted by Gasteiger charge is -2.07. The number of pyridine rings is 1. The molecule has 1 heterocycles. The van der Waals surface area contributed by atoms with Crippen molar-refractivity contribution in [2.75, 3.05) is 5.32 Å². The van der Waals surface area contributed by atoms with E-state index in [1.54, 1.807) is 18.5 Å². The molecule has 1 aromatic rings. The van der Waals surface area contributed by atoms with Crippen LogP contribution in [0.25, 0.3) is 0 Å². The van der Waals surface area contributed by atoms with Gasteiger partial charge in [-0.15, -0.1) is 0 Å². The van der Waals surface area contributed by atoms with Crippen molar-refractivity contribution in [2.24, 2.45) is 11.3 Å². The number of carbonyl (C=O) groups is 1. The first-order valence-electron chi connectivity index (χ1n) is 4.91. The van der Waals surface area contributed by atoms with Crippen LogP contribution in [-0.2, 0) is 4.79 Å². The molecule has 1 amide bonds. The maximum atomic E-state index is 11.7. The molecule has 2 rings (SSSR count). The molecule has 15 heavy (non-hydrogen) atoms. The summed E-state index contributed by atoms with van der Waals surface area (Å²) in [6.45, 7) is 4.17. The van der Waals surface area contributed by atoms with Crippen LogP contribution < -0.4 is 5.32 Å². The summed E-state index contributed by atoms with van der Waals surface area (Å²) in [6.07, 6.45) is 4.10. The van der Waals surface area contributed by atoms with Gasteiger partial charge in [0.2, 0.25) is 5.91 Å². The monoisotopic (exact) mass is 224 g/mol. The maximum Gasteiger partial charge on any atom is 0.228 e. The van der Waals surface area contributed by atoms with Crippen molar-refractivity contribution in [3.05, 3.63) is 23.5 Å². The van der Waals surface area contributed by atoms with Crippen LogP contribution in [0.1, 0.15) is 20.3 Å². The van der Waals surface area contributed by atoms with Gasteiger partial charge in [-0.3, -0.25) is 9.78 Å². The first kappa shape index (κ1) is 10.4. The van der Waals surface area contributed by atoms with E-state index in [1.165, 1.54) is 0 Å². The lowest BCUT2D eigenvalue weighted by Crippen LogP contribution is -2.16. The summed E-state index contributed by atoms with van der Waals surface area (Å²) >= 11 is 5.91. The highest BCUT2D eigenvalue weighted by Gasteiger charge is 2.50. The van der Waals surface area contributed by atoms with Gasteiger partial charge in [-0.05, 0) is 17.9 Å². The quantitative estimate of drug-likeness (QED) is 0.839. The largest absolute Gasteiger partial charge is 0.323 e. The van der Waals surface area contributed by atoms with Crippen LogP contribution in [0.5, 0.6) is 0 Å². The van der Waals surface area contributed by atoms with Crippen molar-refractivity contribution in [3.63, 3.8) is 0 Å². The van der Waals surface area contributed by atoms with E-state index >= 15 is 0 Å². The van der Waals surface area contributed by atoms with Gasteiger partial charge in [0.05, 0.1) is 16.9 Å². The Bertz CT molecular complexity index is 403. The zero-order valence-corrected chi connectivity index (χ0v) is 9.51. The number of nitrogens with zero attached hydrogens (tertiary/aromatic N) is 1. The highest BCUT2D eigenvalue weighted by atomic mass is 35.5. The number of rotatable bonds is 2. The number of amides is 1. The Balaban J connectivity index is 2.05. The Morgan fingerprint density at radius 1 is 1.67 bits per heavy atom. The van der Waals surface area contributed by atoms with Crippen molar-refractivity contribution < 1.29 is 4.79 Å². The minimum absolute atomic E-state index is 0.0369. The van der Waals surface area contributed by atoms with E-state index in [0.29, 0.717) is 10.7 Å². The highest BCUT2D eigenvalue weighted by Crippen LogP contribution is 2.52. The first-order chi connectivity index (χ1) is 7.00. The molecule has 80 valence electrons. The smallest absolute Gasteiger partial charge is 0.228 e. The Morgan fingerprint density at radius 2 is 2.33 bits per heavy atom. The third-order valence-electron chi connectivity index (χ3n) is 2.86. The molecule has 1 aliphatic carbocycles. The van der Waals surface area contributed by atoms with Crippen molar-refractivity contribution in [1.29, 1.82) is 0 Å². The Labute approximate surface area is 93.8 Å². The molecule has 1 atom stereocenters. The van der Waals surface area contributed by atoms with Crippen molar-refractivity contribution in [3.8, 4) is 0 Å². The van der Waals surface area contributed by atoms with Crippen LogP contribution in [0.15, 0.2) is 18.5 Å². The van der Waals surface area contributed by atoms with E-state index in [2.05, 4.69) is 24.1 Å². The van der Waals surface area contributed by atoms with Gasteiger partial charge in [0.1, 0.15) is 0 Å². The Hall–Kier alpha value is -1.09. The van der Waals surface area contributed by atoms with Crippen LogP contribution in [0.3, 0.4) is 0 Å². The normalized spacial score (nSPS) is 22.2. The molecule has 1 fully saturated rings. The number of anilines is 1. The summed E-state index contributed by atoms with van der Waals surface area (Å²) in [5.41, 5.74) is 0.727. The Morgan fingerprint density at radius 3 is 2.87 bits per heavy atom. The average molecular weight is 225 g/mol. The number of aromatic nitrogens is 1. The molecule has 1 aromatic heterocycles. The van der Waals surface area contributed by atoms with Crippen molar-refractivity contribution in [2.45, 2.75) is 20.3 Å². The number of hydrogen-bond acceptors (Lipinski definition) is 2.